The van der Waals surface area contributed by atoms with Gasteiger partial charge in [-0.2, -0.15) is 17.7 Å². The van der Waals surface area contributed by atoms with E-state index >= 15 is 0 Å². The van der Waals surface area contributed by atoms with Gasteiger partial charge in [0.2, 0.25) is 0 Å². The van der Waals surface area contributed by atoms with Crippen LogP contribution in [0.3, 0.4) is 0 Å². The van der Waals surface area contributed by atoms with E-state index in [9.17, 15) is 0 Å². The summed E-state index contributed by atoms with van der Waals surface area (Å²) in [6.45, 7) is 2.93. The van der Waals surface area contributed by atoms with Gasteiger partial charge < -0.3 is 0 Å². The van der Waals surface area contributed by atoms with Gasteiger partial charge in [-0.05, 0) is 25.5 Å². The smallest absolute Gasteiger partial charge is 0.0814 e. The lowest BCUT2D eigenvalue weighted by Gasteiger charge is -2.02. The van der Waals surface area contributed by atoms with E-state index in [4.69, 9.17) is 11.6 Å². The quantitative estimate of drug-likeness (QED) is 0.590. The molecule has 0 aliphatic heterocycles. The minimum absolute atomic E-state index is 0.751. The molecule has 0 bridgehead atoms. The van der Waals surface area contributed by atoms with Crippen LogP contribution in [0, 0.1) is 6.92 Å². The Balaban J connectivity index is 2.46. The number of halogens is 1. The van der Waals surface area contributed by atoms with E-state index in [1.54, 1.807) is 6.20 Å². The van der Waals surface area contributed by atoms with Crippen LogP contribution >= 0.6 is 24.2 Å². The van der Waals surface area contributed by atoms with Crippen molar-refractivity contribution in [2.45, 2.75) is 26.3 Å². The van der Waals surface area contributed by atoms with Crippen molar-refractivity contribution < 1.29 is 0 Å². The molecule has 1 aromatic rings. The lowest BCUT2D eigenvalue weighted by molar-refractivity contribution is 0.561. The topological polar surface area (TPSA) is 17.8 Å². The number of hydrogen-bond acceptors (Lipinski definition) is 2. The number of rotatable bonds is 4. The second-order valence-corrected chi connectivity index (χ2v) is 3.59. The highest BCUT2D eigenvalue weighted by Crippen LogP contribution is 2.13. The van der Waals surface area contributed by atoms with E-state index in [0.717, 1.165) is 35.9 Å². The molecule has 0 N–H and O–H groups in total. The Morgan fingerprint density at radius 1 is 1.58 bits per heavy atom. The zero-order valence-corrected chi connectivity index (χ0v) is 8.78. The molecule has 1 heterocycles. The third-order valence-corrected chi connectivity index (χ3v) is 2.51. The number of hydrogen-bond donors (Lipinski definition) is 1. The summed E-state index contributed by atoms with van der Waals surface area (Å²) in [7, 11) is 0. The zero-order valence-electron chi connectivity index (χ0n) is 7.13. The molecule has 2 nitrogen and oxygen atoms in total. The summed E-state index contributed by atoms with van der Waals surface area (Å²) in [5.41, 5.74) is 1.05. The van der Waals surface area contributed by atoms with Gasteiger partial charge in [-0.3, -0.25) is 4.68 Å². The fourth-order valence-corrected chi connectivity index (χ4v) is 1.39. The van der Waals surface area contributed by atoms with Gasteiger partial charge in [0.25, 0.3) is 0 Å². The van der Waals surface area contributed by atoms with Crippen LogP contribution in [0.1, 0.15) is 18.5 Å². The van der Waals surface area contributed by atoms with E-state index in [0.29, 0.717) is 0 Å². The average Bonchev–Trinajstić information content (AvgIpc) is 2.36. The number of thiol groups is 1. The Bertz CT molecular complexity index is 247. The van der Waals surface area contributed by atoms with Crippen LogP contribution in [0.15, 0.2) is 6.20 Å². The van der Waals surface area contributed by atoms with E-state index in [1.165, 1.54) is 0 Å². The van der Waals surface area contributed by atoms with Crippen molar-refractivity contribution in [3.63, 3.8) is 0 Å². The highest BCUT2D eigenvalue weighted by atomic mass is 35.5. The predicted octanol–water partition coefficient (Wildman–Crippen LogP) is 2.55. The maximum atomic E-state index is 5.84. The zero-order chi connectivity index (χ0) is 8.97. The van der Waals surface area contributed by atoms with Gasteiger partial charge in [-0.25, -0.2) is 0 Å². The standard InChI is InChI=1S/C8H13ClN2S/c1-7-8(9)6-10-11(7)4-2-3-5-12/h6,12H,2-5H2,1H3. The molecular weight excluding hydrogens is 192 g/mol. The SMILES string of the molecule is Cc1c(Cl)cnn1CCCCS. The van der Waals surface area contributed by atoms with Gasteiger partial charge in [-0.15, -0.1) is 0 Å². The van der Waals surface area contributed by atoms with Crippen molar-refractivity contribution in [3.8, 4) is 0 Å². The second kappa shape index (κ2) is 4.77. The summed E-state index contributed by atoms with van der Waals surface area (Å²) in [4.78, 5) is 0. The first-order valence-electron chi connectivity index (χ1n) is 4.04. The number of unbranched alkanes of at least 4 members (excludes halogenated alkanes) is 1. The van der Waals surface area contributed by atoms with Crippen LogP contribution in [0.2, 0.25) is 5.02 Å². The molecule has 0 unspecified atom stereocenters. The summed E-state index contributed by atoms with van der Waals surface area (Å²) in [5.74, 6) is 0.939. The van der Waals surface area contributed by atoms with Crippen LogP contribution in [0.4, 0.5) is 0 Å². The molecule has 1 rings (SSSR count). The third-order valence-electron chi connectivity index (χ3n) is 1.82. The Morgan fingerprint density at radius 2 is 2.33 bits per heavy atom. The molecule has 0 aliphatic rings. The summed E-state index contributed by atoms with van der Waals surface area (Å²) in [6, 6.07) is 0. The first-order valence-corrected chi connectivity index (χ1v) is 5.05. The van der Waals surface area contributed by atoms with Crippen molar-refractivity contribution in [1.82, 2.24) is 9.78 Å². The predicted molar refractivity (Wildman–Crippen MR) is 55.1 cm³/mol. The largest absolute Gasteiger partial charge is 0.268 e. The molecule has 0 aromatic carbocycles. The van der Waals surface area contributed by atoms with Crippen LogP contribution in [-0.2, 0) is 6.54 Å². The lowest BCUT2D eigenvalue weighted by atomic mass is 10.3. The Morgan fingerprint density at radius 3 is 2.83 bits per heavy atom. The summed E-state index contributed by atoms with van der Waals surface area (Å²) in [6.07, 6.45) is 3.93. The highest BCUT2D eigenvalue weighted by Gasteiger charge is 2.01. The summed E-state index contributed by atoms with van der Waals surface area (Å²) in [5, 5.41) is 4.90. The maximum Gasteiger partial charge on any atom is 0.0814 e. The molecule has 12 heavy (non-hydrogen) atoms. The molecule has 0 saturated heterocycles. The van der Waals surface area contributed by atoms with Crippen molar-refractivity contribution >= 4 is 24.2 Å². The first-order chi connectivity index (χ1) is 5.75. The molecule has 0 fully saturated rings. The van der Waals surface area contributed by atoms with Crippen molar-refractivity contribution in [2.24, 2.45) is 0 Å². The van der Waals surface area contributed by atoms with Gasteiger partial charge >= 0.3 is 0 Å². The van der Waals surface area contributed by atoms with Gasteiger partial charge in [0, 0.05) is 6.54 Å². The molecule has 0 spiro atoms. The van der Waals surface area contributed by atoms with Gasteiger partial charge in [0.15, 0.2) is 0 Å². The second-order valence-electron chi connectivity index (χ2n) is 2.73. The van der Waals surface area contributed by atoms with E-state index in [1.807, 2.05) is 11.6 Å². The van der Waals surface area contributed by atoms with Crippen LogP contribution in [0.25, 0.3) is 0 Å². The van der Waals surface area contributed by atoms with Crippen molar-refractivity contribution in [2.75, 3.05) is 5.75 Å². The molecule has 0 amide bonds. The van der Waals surface area contributed by atoms with Gasteiger partial charge in [0.05, 0.1) is 16.9 Å². The highest BCUT2D eigenvalue weighted by molar-refractivity contribution is 7.80. The Hall–Kier alpha value is -0.150. The maximum absolute atomic E-state index is 5.84. The normalized spacial score (nSPS) is 10.6. The van der Waals surface area contributed by atoms with Gasteiger partial charge in [0.1, 0.15) is 0 Å². The minimum Gasteiger partial charge on any atom is -0.268 e. The molecule has 0 radical (unpaired) electrons. The third kappa shape index (κ3) is 2.42. The lowest BCUT2D eigenvalue weighted by Crippen LogP contribution is -2.02. The molecule has 1 aromatic heterocycles. The average molecular weight is 205 g/mol. The van der Waals surface area contributed by atoms with Crippen LogP contribution in [0.5, 0.6) is 0 Å². The summed E-state index contributed by atoms with van der Waals surface area (Å²) >= 11 is 9.99. The number of nitrogens with zero attached hydrogens (tertiary/aromatic N) is 2. The Labute approximate surface area is 83.3 Å². The number of aryl methyl sites for hydroxylation is 1. The fraction of sp³-hybridized carbons (Fsp3) is 0.625. The van der Waals surface area contributed by atoms with Crippen LogP contribution in [-0.4, -0.2) is 15.5 Å². The summed E-state index contributed by atoms with van der Waals surface area (Å²) < 4.78 is 1.94. The van der Waals surface area contributed by atoms with E-state index < -0.39 is 0 Å². The minimum atomic E-state index is 0.751. The molecule has 0 atom stereocenters. The molecule has 68 valence electrons. The molecule has 4 heteroatoms. The van der Waals surface area contributed by atoms with Gasteiger partial charge in [-0.1, -0.05) is 11.6 Å². The Kier molecular flexibility index (Phi) is 3.95. The van der Waals surface area contributed by atoms with E-state index in [-0.39, 0.29) is 0 Å². The fourth-order valence-electron chi connectivity index (χ4n) is 1.02. The number of aromatic nitrogens is 2. The van der Waals surface area contributed by atoms with Crippen molar-refractivity contribution in [3.05, 3.63) is 16.9 Å². The molecular formula is C8H13ClN2S. The van der Waals surface area contributed by atoms with Crippen LogP contribution < -0.4 is 0 Å². The van der Waals surface area contributed by atoms with Crippen molar-refractivity contribution in [1.29, 1.82) is 0 Å². The van der Waals surface area contributed by atoms with E-state index in [2.05, 4.69) is 17.7 Å². The molecule has 0 saturated carbocycles. The first kappa shape index (κ1) is 9.93. The molecule has 0 aliphatic carbocycles. The monoisotopic (exact) mass is 204 g/mol.